The molecule has 0 atom stereocenters. The number of anilines is 1. The molecule has 8 heteroatoms. The number of rotatable bonds is 4. The zero-order valence-electron chi connectivity index (χ0n) is 16.6. The van der Waals surface area contributed by atoms with Crippen LogP contribution in [0.25, 0.3) is 0 Å². The van der Waals surface area contributed by atoms with Crippen molar-refractivity contribution in [1.82, 2.24) is 10.2 Å². The van der Waals surface area contributed by atoms with E-state index in [0.29, 0.717) is 48.7 Å². The third-order valence-corrected chi connectivity index (χ3v) is 5.69. The molecule has 6 nitrogen and oxygen atoms in total. The Morgan fingerprint density at radius 2 is 1.77 bits per heavy atom. The first-order valence-corrected chi connectivity index (χ1v) is 10.1. The van der Waals surface area contributed by atoms with Crippen molar-refractivity contribution in [3.8, 4) is 0 Å². The second-order valence-corrected chi connectivity index (χ2v) is 7.70. The molecule has 0 saturated carbocycles. The number of carbonyl (C=O) groups excluding carboxylic acids is 3. The lowest BCUT2D eigenvalue weighted by molar-refractivity contribution is -0.136. The third kappa shape index (κ3) is 5.16. The van der Waals surface area contributed by atoms with E-state index < -0.39 is 17.6 Å². The van der Waals surface area contributed by atoms with Gasteiger partial charge in [0.05, 0.1) is 5.56 Å². The molecule has 1 saturated heterocycles. The molecule has 0 spiro atoms. The molecule has 3 amide bonds. The molecule has 1 aliphatic heterocycles. The molecular weight excluding hydrogens is 409 g/mol. The number of piperidine rings is 1. The van der Waals surface area contributed by atoms with Crippen molar-refractivity contribution >= 4 is 35.0 Å². The molecule has 0 unspecified atom stereocenters. The SMILES string of the molecule is Cc1c(Cl)cccc1NC(=O)C(=O)NCC1CCN(C(=O)c2ccccc2F)CC1. The molecule has 2 N–H and O–H groups in total. The Kier molecular flexibility index (Phi) is 7.05. The normalized spacial score (nSPS) is 14.3. The van der Waals surface area contributed by atoms with Crippen LogP contribution in [0.5, 0.6) is 0 Å². The first-order valence-electron chi connectivity index (χ1n) is 9.75. The van der Waals surface area contributed by atoms with Gasteiger partial charge in [-0.25, -0.2) is 4.39 Å². The smallest absolute Gasteiger partial charge is 0.313 e. The van der Waals surface area contributed by atoms with E-state index in [-0.39, 0.29) is 17.4 Å². The highest BCUT2D eigenvalue weighted by atomic mass is 35.5. The van der Waals surface area contributed by atoms with E-state index in [4.69, 9.17) is 11.6 Å². The van der Waals surface area contributed by atoms with Crippen LogP contribution in [-0.2, 0) is 9.59 Å². The number of likely N-dealkylation sites (tertiary alicyclic amines) is 1. The first-order chi connectivity index (χ1) is 14.4. The number of halogens is 2. The molecule has 0 aromatic heterocycles. The molecule has 158 valence electrons. The predicted molar refractivity (Wildman–Crippen MR) is 113 cm³/mol. The molecule has 1 heterocycles. The Bertz CT molecular complexity index is 958. The number of hydrogen-bond acceptors (Lipinski definition) is 3. The minimum atomic E-state index is -0.757. The van der Waals surface area contributed by atoms with Gasteiger partial charge in [-0.05, 0) is 55.5 Å². The van der Waals surface area contributed by atoms with Crippen LogP contribution in [0, 0.1) is 18.7 Å². The lowest BCUT2D eigenvalue weighted by Crippen LogP contribution is -2.43. The molecule has 0 aliphatic carbocycles. The maximum atomic E-state index is 13.8. The van der Waals surface area contributed by atoms with Gasteiger partial charge in [0.15, 0.2) is 0 Å². The number of carbonyl (C=O) groups is 3. The largest absolute Gasteiger partial charge is 0.348 e. The molecule has 1 aliphatic rings. The number of nitrogens with zero attached hydrogens (tertiary/aromatic N) is 1. The molecule has 1 fully saturated rings. The molecule has 0 bridgehead atoms. The van der Waals surface area contributed by atoms with Crippen molar-refractivity contribution in [2.75, 3.05) is 25.0 Å². The minimum Gasteiger partial charge on any atom is -0.348 e. The van der Waals surface area contributed by atoms with Gasteiger partial charge in [0.25, 0.3) is 5.91 Å². The van der Waals surface area contributed by atoms with Crippen LogP contribution in [-0.4, -0.2) is 42.3 Å². The zero-order chi connectivity index (χ0) is 21.7. The summed E-state index contributed by atoms with van der Waals surface area (Å²) in [5, 5.41) is 5.71. The van der Waals surface area contributed by atoms with E-state index in [1.807, 2.05) is 0 Å². The Balaban J connectivity index is 1.45. The van der Waals surface area contributed by atoms with Crippen LogP contribution in [0.4, 0.5) is 10.1 Å². The quantitative estimate of drug-likeness (QED) is 0.728. The van der Waals surface area contributed by atoms with Gasteiger partial charge in [-0.15, -0.1) is 0 Å². The van der Waals surface area contributed by atoms with Gasteiger partial charge in [-0.1, -0.05) is 29.8 Å². The Labute approximate surface area is 179 Å². The summed E-state index contributed by atoms with van der Waals surface area (Å²) in [4.78, 5) is 38.3. The fourth-order valence-corrected chi connectivity index (χ4v) is 3.56. The number of amides is 3. The fourth-order valence-electron chi connectivity index (χ4n) is 3.38. The van der Waals surface area contributed by atoms with Crippen LogP contribution in [0.3, 0.4) is 0 Å². The monoisotopic (exact) mass is 431 g/mol. The van der Waals surface area contributed by atoms with Gasteiger partial charge in [0, 0.05) is 30.3 Å². The van der Waals surface area contributed by atoms with Crippen molar-refractivity contribution in [3.63, 3.8) is 0 Å². The topological polar surface area (TPSA) is 78.5 Å². The molecule has 2 aromatic rings. The van der Waals surface area contributed by atoms with E-state index in [0.717, 1.165) is 0 Å². The summed E-state index contributed by atoms with van der Waals surface area (Å²) in [6, 6.07) is 11.0. The maximum Gasteiger partial charge on any atom is 0.313 e. The zero-order valence-corrected chi connectivity index (χ0v) is 17.3. The number of benzene rings is 2. The highest BCUT2D eigenvalue weighted by Gasteiger charge is 2.26. The predicted octanol–water partition coefficient (Wildman–Crippen LogP) is 3.39. The van der Waals surface area contributed by atoms with Crippen molar-refractivity contribution in [1.29, 1.82) is 0 Å². The van der Waals surface area contributed by atoms with Gasteiger partial charge < -0.3 is 15.5 Å². The Morgan fingerprint density at radius 1 is 1.07 bits per heavy atom. The summed E-state index contributed by atoms with van der Waals surface area (Å²) in [5.41, 5.74) is 1.24. The van der Waals surface area contributed by atoms with Crippen LogP contribution in [0.1, 0.15) is 28.8 Å². The van der Waals surface area contributed by atoms with E-state index >= 15 is 0 Å². The molecule has 3 rings (SSSR count). The highest BCUT2D eigenvalue weighted by Crippen LogP contribution is 2.23. The molecule has 2 aromatic carbocycles. The van der Waals surface area contributed by atoms with Crippen molar-refractivity contribution in [3.05, 3.63) is 64.4 Å². The van der Waals surface area contributed by atoms with Crippen molar-refractivity contribution < 1.29 is 18.8 Å². The molecular formula is C22H23ClFN3O3. The third-order valence-electron chi connectivity index (χ3n) is 5.28. The Morgan fingerprint density at radius 3 is 2.47 bits per heavy atom. The van der Waals surface area contributed by atoms with Gasteiger partial charge in [-0.3, -0.25) is 14.4 Å². The number of hydrogen-bond donors (Lipinski definition) is 2. The van der Waals surface area contributed by atoms with Crippen LogP contribution in [0.2, 0.25) is 5.02 Å². The average Bonchev–Trinajstić information content (AvgIpc) is 2.75. The summed E-state index contributed by atoms with van der Waals surface area (Å²) in [6.45, 7) is 3.04. The minimum absolute atomic E-state index is 0.0669. The summed E-state index contributed by atoms with van der Waals surface area (Å²) in [6.07, 6.45) is 1.32. The van der Waals surface area contributed by atoms with E-state index in [1.54, 1.807) is 42.2 Å². The van der Waals surface area contributed by atoms with Gasteiger partial charge in [0.1, 0.15) is 5.82 Å². The average molecular weight is 432 g/mol. The summed E-state index contributed by atoms with van der Waals surface area (Å²) in [7, 11) is 0. The molecule has 30 heavy (non-hydrogen) atoms. The van der Waals surface area contributed by atoms with Crippen LogP contribution < -0.4 is 10.6 Å². The maximum absolute atomic E-state index is 13.8. The lowest BCUT2D eigenvalue weighted by atomic mass is 9.96. The number of nitrogens with one attached hydrogen (secondary N) is 2. The summed E-state index contributed by atoms with van der Waals surface area (Å²) < 4.78 is 13.8. The lowest BCUT2D eigenvalue weighted by Gasteiger charge is -2.32. The van der Waals surface area contributed by atoms with E-state index in [1.165, 1.54) is 12.1 Å². The summed E-state index contributed by atoms with van der Waals surface area (Å²) >= 11 is 6.02. The second-order valence-electron chi connectivity index (χ2n) is 7.29. The van der Waals surface area contributed by atoms with E-state index in [2.05, 4.69) is 10.6 Å². The van der Waals surface area contributed by atoms with Gasteiger partial charge >= 0.3 is 11.8 Å². The standard InChI is InChI=1S/C22H23ClFN3O3/c1-14-17(23)6-4-8-19(14)26-21(29)20(28)25-13-15-9-11-27(12-10-15)22(30)16-5-2-3-7-18(16)24/h2-8,15H,9-13H2,1H3,(H,25,28)(H,26,29). The van der Waals surface area contributed by atoms with Crippen LogP contribution >= 0.6 is 11.6 Å². The fraction of sp³-hybridized carbons (Fsp3) is 0.318. The van der Waals surface area contributed by atoms with Crippen LogP contribution in [0.15, 0.2) is 42.5 Å². The van der Waals surface area contributed by atoms with Gasteiger partial charge in [-0.2, -0.15) is 0 Å². The molecule has 0 radical (unpaired) electrons. The highest BCUT2D eigenvalue weighted by molar-refractivity contribution is 6.40. The Hall–Kier alpha value is -2.93. The van der Waals surface area contributed by atoms with Crippen molar-refractivity contribution in [2.45, 2.75) is 19.8 Å². The van der Waals surface area contributed by atoms with E-state index in [9.17, 15) is 18.8 Å². The first kappa shape index (κ1) is 21.8. The summed E-state index contributed by atoms with van der Waals surface area (Å²) in [5.74, 6) is -2.20. The van der Waals surface area contributed by atoms with Gasteiger partial charge in [0.2, 0.25) is 0 Å². The second kappa shape index (κ2) is 9.71. The van der Waals surface area contributed by atoms with Crippen molar-refractivity contribution in [2.24, 2.45) is 5.92 Å².